The highest BCUT2D eigenvalue weighted by atomic mass is 32.2. The van der Waals surface area contributed by atoms with Crippen molar-refractivity contribution in [3.63, 3.8) is 0 Å². The lowest BCUT2D eigenvalue weighted by atomic mass is 10.1. The summed E-state index contributed by atoms with van der Waals surface area (Å²) in [5.74, 6) is -0.991. The molecule has 0 bridgehead atoms. The second kappa shape index (κ2) is 8.73. The number of carbonyl (C=O) groups excluding carboxylic acids is 3. The SMILES string of the molecule is CCCCN=C1S/C(=C2\C(=O)N(C(C)=O)c3ccccc32)C(=O)N1CCCC. The molecule has 0 aromatic heterocycles. The van der Waals surface area contributed by atoms with Crippen LogP contribution in [-0.2, 0) is 14.4 Å². The van der Waals surface area contributed by atoms with Crippen LogP contribution in [0.5, 0.6) is 0 Å². The van der Waals surface area contributed by atoms with E-state index < -0.39 is 5.91 Å². The third-order valence-electron chi connectivity index (χ3n) is 4.73. The number of para-hydroxylation sites is 1. The molecule has 3 amide bonds. The molecule has 0 spiro atoms. The zero-order valence-corrected chi connectivity index (χ0v) is 17.3. The van der Waals surface area contributed by atoms with E-state index in [4.69, 9.17) is 0 Å². The van der Waals surface area contributed by atoms with Crippen LogP contribution in [0.25, 0.3) is 5.57 Å². The zero-order chi connectivity index (χ0) is 20.3. The van der Waals surface area contributed by atoms with E-state index in [-0.39, 0.29) is 11.8 Å². The Bertz CT molecular complexity index is 875. The maximum absolute atomic E-state index is 13.2. The molecular formula is C21H25N3O3S. The number of rotatable bonds is 6. The molecule has 28 heavy (non-hydrogen) atoms. The Balaban J connectivity index is 2.07. The van der Waals surface area contributed by atoms with Gasteiger partial charge in [-0.3, -0.25) is 24.3 Å². The van der Waals surface area contributed by atoms with E-state index in [9.17, 15) is 14.4 Å². The number of aliphatic imine (C=N–C) groups is 1. The number of fused-ring (bicyclic) bond motifs is 1. The first-order chi connectivity index (χ1) is 13.5. The number of hydrogen-bond acceptors (Lipinski definition) is 5. The van der Waals surface area contributed by atoms with Crippen LogP contribution in [0.1, 0.15) is 52.0 Å². The lowest BCUT2D eigenvalue weighted by Gasteiger charge is -2.15. The van der Waals surface area contributed by atoms with Crippen molar-refractivity contribution in [1.82, 2.24) is 4.90 Å². The van der Waals surface area contributed by atoms with Crippen LogP contribution < -0.4 is 4.90 Å². The third-order valence-corrected chi connectivity index (χ3v) is 5.85. The number of anilines is 1. The summed E-state index contributed by atoms with van der Waals surface area (Å²) < 4.78 is 0. The number of nitrogens with zero attached hydrogens (tertiary/aromatic N) is 3. The summed E-state index contributed by atoms with van der Waals surface area (Å²) in [6.07, 6.45) is 3.80. The molecule has 0 atom stereocenters. The van der Waals surface area contributed by atoms with E-state index in [1.165, 1.54) is 18.7 Å². The molecular weight excluding hydrogens is 374 g/mol. The maximum Gasteiger partial charge on any atom is 0.267 e. The molecule has 2 heterocycles. The minimum Gasteiger partial charge on any atom is -0.287 e. The molecule has 2 aliphatic rings. The van der Waals surface area contributed by atoms with Crippen molar-refractivity contribution in [2.75, 3.05) is 18.0 Å². The van der Waals surface area contributed by atoms with Crippen LogP contribution in [0.3, 0.4) is 0 Å². The molecule has 2 aliphatic heterocycles. The molecule has 1 aromatic carbocycles. The lowest BCUT2D eigenvalue weighted by Crippen LogP contribution is -2.32. The van der Waals surface area contributed by atoms with Gasteiger partial charge < -0.3 is 0 Å². The van der Waals surface area contributed by atoms with Gasteiger partial charge in [0.05, 0.1) is 16.2 Å². The fourth-order valence-corrected chi connectivity index (χ4v) is 4.39. The van der Waals surface area contributed by atoms with Crippen molar-refractivity contribution >= 4 is 45.9 Å². The van der Waals surface area contributed by atoms with Crippen molar-refractivity contribution in [2.45, 2.75) is 46.5 Å². The van der Waals surface area contributed by atoms with Gasteiger partial charge in [-0.25, -0.2) is 4.90 Å². The molecule has 0 N–H and O–H groups in total. The summed E-state index contributed by atoms with van der Waals surface area (Å²) in [6, 6.07) is 7.11. The summed E-state index contributed by atoms with van der Waals surface area (Å²) in [5, 5.41) is 0.654. The zero-order valence-electron chi connectivity index (χ0n) is 16.5. The smallest absolute Gasteiger partial charge is 0.267 e. The molecule has 0 saturated carbocycles. The number of amides is 3. The Hall–Kier alpha value is -2.41. The Kier molecular flexibility index (Phi) is 6.34. The minimum absolute atomic E-state index is 0.197. The fourth-order valence-electron chi connectivity index (χ4n) is 3.27. The van der Waals surface area contributed by atoms with Gasteiger partial charge in [-0.05, 0) is 30.7 Å². The molecule has 148 valence electrons. The van der Waals surface area contributed by atoms with Crippen molar-refractivity contribution in [2.24, 2.45) is 4.99 Å². The van der Waals surface area contributed by atoms with Gasteiger partial charge in [-0.2, -0.15) is 0 Å². The number of benzene rings is 1. The van der Waals surface area contributed by atoms with E-state index in [1.54, 1.807) is 23.1 Å². The first-order valence-electron chi connectivity index (χ1n) is 9.74. The van der Waals surface area contributed by atoms with E-state index in [1.807, 2.05) is 6.07 Å². The van der Waals surface area contributed by atoms with Gasteiger partial charge in [0, 0.05) is 25.6 Å². The highest BCUT2D eigenvalue weighted by molar-refractivity contribution is 8.18. The predicted molar refractivity (Wildman–Crippen MR) is 113 cm³/mol. The molecule has 1 saturated heterocycles. The molecule has 3 rings (SSSR count). The average Bonchev–Trinajstić information content (AvgIpc) is 3.13. The number of hydrogen-bond donors (Lipinski definition) is 0. The van der Waals surface area contributed by atoms with Crippen molar-refractivity contribution in [1.29, 1.82) is 0 Å². The van der Waals surface area contributed by atoms with Gasteiger partial charge in [0.2, 0.25) is 5.91 Å². The van der Waals surface area contributed by atoms with Crippen LogP contribution in [0.4, 0.5) is 5.69 Å². The van der Waals surface area contributed by atoms with Crippen molar-refractivity contribution in [3.05, 3.63) is 34.7 Å². The monoisotopic (exact) mass is 399 g/mol. The summed E-state index contributed by atoms with van der Waals surface area (Å²) in [7, 11) is 0. The first kappa shape index (κ1) is 20.3. The first-order valence-corrected chi connectivity index (χ1v) is 10.6. The topological polar surface area (TPSA) is 70.0 Å². The summed E-state index contributed by atoms with van der Waals surface area (Å²) >= 11 is 1.25. The Morgan fingerprint density at radius 3 is 2.46 bits per heavy atom. The number of imide groups is 1. The van der Waals surface area contributed by atoms with Crippen molar-refractivity contribution in [3.8, 4) is 0 Å². The number of thioether (sulfide) groups is 1. The van der Waals surface area contributed by atoms with Gasteiger partial charge in [0.15, 0.2) is 5.17 Å². The highest BCUT2D eigenvalue weighted by Gasteiger charge is 2.43. The van der Waals surface area contributed by atoms with Crippen LogP contribution >= 0.6 is 11.8 Å². The molecule has 0 unspecified atom stereocenters. The van der Waals surface area contributed by atoms with Crippen molar-refractivity contribution < 1.29 is 14.4 Å². The van der Waals surface area contributed by atoms with Gasteiger partial charge in [0.25, 0.3) is 11.8 Å². The molecule has 1 aromatic rings. The standard InChI is InChI=1S/C21H25N3O3S/c1-4-6-12-22-21-23(13-7-5-2)20(27)18(28-21)17-15-10-8-9-11-16(15)24(14(3)25)19(17)26/h8-11H,4-7,12-13H2,1-3H3/b18-17-,22-21?. The van der Waals surface area contributed by atoms with E-state index in [2.05, 4.69) is 18.8 Å². The van der Waals surface area contributed by atoms with Gasteiger partial charge in [0.1, 0.15) is 0 Å². The molecule has 0 radical (unpaired) electrons. The van der Waals surface area contributed by atoms with Gasteiger partial charge >= 0.3 is 0 Å². The number of amidine groups is 1. The highest BCUT2D eigenvalue weighted by Crippen LogP contribution is 2.44. The Morgan fingerprint density at radius 2 is 1.79 bits per heavy atom. The maximum atomic E-state index is 13.2. The third kappa shape index (κ3) is 3.63. The van der Waals surface area contributed by atoms with E-state index in [0.717, 1.165) is 30.6 Å². The molecule has 6 nitrogen and oxygen atoms in total. The fraction of sp³-hybridized carbons (Fsp3) is 0.429. The normalized spacial score (nSPS) is 20.5. The lowest BCUT2D eigenvalue weighted by molar-refractivity contribution is -0.124. The molecule has 7 heteroatoms. The largest absolute Gasteiger partial charge is 0.287 e. The summed E-state index contributed by atoms with van der Waals surface area (Å²) in [6.45, 7) is 6.76. The molecule has 1 fully saturated rings. The number of carbonyl (C=O) groups is 3. The Labute approximate surface area is 169 Å². The Morgan fingerprint density at radius 1 is 1.07 bits per heavy atom. The summed E-state index contributed by atoms with van der Waals surface area (Å²) in [5.41, 5.74) is 1.47. The van der Waals surface area contributed by atoms with Crippen LogP contribution in [0.15, 0.2) is 34.2 Å². The van der Waals surface area contributed by atoms with Gasteiger partial charge in [-0.15, -0.1) is 0 Å². The van der Waals surface area contributed by atoms with Crippen LogP contribution in [0, 0.1) is 0 Å². The quantitative estimate of drug-likeness (QED) is 0.539. The second-order valence-corrected chi connectivity index (χ2v) is 7.79. The van der Waals surface area contributed by atoms with Crippen LogP contribution in [-0.4, -0.2) is 40.9 Å². The van der Waals surface area contributed by atoms with E-state index >= 15 is 0 Å². The van der Waals surface area contributed by atoms with Crippen LogP contribution in [0.2, 0.25) is 0 Å². The second-order valence-electron chi connectivity index (χ2n) is 6.81. The average molecular weight is 400 g/mol. The predicted octanol–water partition coefficient (Wildman–Crippen LogP) is 3.82. The summed E-state index contributed by atoms with van der Waals surface area (Å²) in [4.78, 5) is 46.1. The number of unbranched alkanes of at least 4 members (excludes halogenated alkanes) is 2. The molecule has 0 aliphatic carbocycles. The minimum atomic E-state index is -0.435. The van der Waals surface area contributed by atoms with Gasteiger partial charge in [-0.1, -0.05) is 44.9 Å². The van der Waals surface area contributed by atoms with E-state index in [0.29, 0.717) is 40.0 Å².